The van der Waals surface area contributed by atoms with Gasteiger partial charge < -0.3 is 5.73 Å². The molecule has 2 aromatic rings. The van der Waals surface area contributed by atoms with Crippen LogP contribution in [0.25, 0.3) is 10.9 Å². The second kappa shape index (κ2) is 4.56. The molecule has 3 heteroatoms. The molecule has 1 aliphatic heterocycles. The van der Waals surface area contributed by atoms with E-state index < -0.39 is 0 Å². The molecule has 2 N–H and O–H groups in total. The summed E-state index contributed by atoms with van der Waals surface area (Å²) < 4.78 is 0.190. The summed E-state index contributed by atoms with van der Waals surface area (Å²) in [6, 6.07) is 10.6. The van der Waals surface area contributed by atoms with Crippen molar-refractivity contribution in [2.75, 3.05) is 5.75 Å². The number of nitrogens with two attached hydrogens (primary N) is 1. The van der Waals surface area contributed by atoms with Crippen LogP contribution in [-0.4, -0.2) is 15.5 Å². The summed E-state index contributed by atoms with van der Waals surface area (Å²) in [5.74, 6) is 1.24. The standard InChI is InChI=1S/C15H18N2S/c1-15(7-3-9-18-15)14(16)12-5-6-13-11(10-12)4-2-8-17-13/h2,4-6,8,10,14H,3,7,9,16H2,1H3. The number of benzene rings is 1. The van der Waals surface area contributed by atoms with Crippen molar-refractivity contribution < 1.29 is 0 Å². The van der Waals surface area contributed by atoms with E-state index in [-0.39, 0.29) is 10.8 Å². The fraction of sp³-hybridized carbons (Fsp3) is 0.400. The lowest BCUT2D eigenvalue weighted by Gasteiger charge is -2.30. The van der Waals surface area contributed by atoms with Crippen LogP contribution in [0, 0.1) is 0 Å². The van der Waals surface area contributed by atoms with Gasteiger partial charge in [0.15, 0.2) is 0 Å². The van der Waals surface area contributed by atoms with E-state index in [4.69, 9.17) is 5.73 Å². The topological polar surface area (TPSA) is 38.9 Å². The van der Waals surface area contributed by atoms with Gasteiger partial charge in [0, 0.05) is 22.4 Å². The number of aromatic nitrogens is 1. The van der Waals surface area contributed by atoms with Crippen molar-refractivity contribution >= 4 is 22.7 Å². The first-order chi connectivity index (χ1) is 8.69. The largest absolute Gasteiger partial charge is 0.323 e. The summed E-state index contributed by atoms with van der Waals surface area (Å²) in [6.07, 6.45) is 4.32. The van der Waals surface area contributed by atoms with E-state index in [9.17, 15) is 0 Å². The predicted octanol–water partition coefficient (Wildman–Crippen LogP) is 3.52. The molecule has 2 heterocycles. The molecule has 1 fully saturated rings. The lowest BCUT2D eigenvalue weighted by Crippen LogP contribution is -2.33. The molecule has 2 unspecified atom stereocenters. The van der Waals surface area contributed by atoms with Crippen LogP contribution < -0.4 is 5.73 Å². The van der Waals surface area contributed by atoms with E-state index in [0.29, 0.717) is 0 Å². The average molecular weight is 258 g/mol. The highest BCUT2D eigenvalue weighted by Crippen LogP contribution is 2.45. The third kappa shape index (κ3) is 2.02. The Kier molecular flexibility index (Phi) is 3.04. The summed E-state index contributed by atoms with van der Waals surface area (Å²) >= 11 is 2.01. The van der Waals surface area contributed by atoms with Gasteiger partial charge in [-0.3, -0.25) is 4.98 Å². The highest BCUT2D eigenvalue weighted by molar-refractivity contribution is 8.00. The molecule has 0 saturated carbocycles. The van der Waals surface area contributed by atoms with Gasteiger partial charge >= 0.3 is 0 Å². The van der Waals surface area contributed by atoms with E-state index in [1.54, 1.807) is 0 Å². The fourth-order valence-corrected chi connectivity index (χ4v) is 4.05. The molecule has 1 saturated heterocycles. The maximum absolute atomic E-state index is 6.48. The Balaban J connectivity index is 1.98. The zero-order valence-corrected chi connectivity index (χ0v) is 11.4. The number of fused-ring (bicyclic) bond motifs is 1. The summed E-state index contributed by atoms with van der Waals surface area (Å²) in [7, 11) is 0. The minimum absolute atomic E-state index is 0.106. The minimum atomic E-state index is 0.106. The third-order valence-electron chi connectivity index (χ3n) is 3.89. The van der Waals surface area contributed by atoms with Crippen LogP contribution >= 0.6 is 11.8 Å². The van der Waals surface area contributed by atoms with Crippen LogP contribution in [0.3, 0.4) is 0 Å². The number of hydrogen-bond donors (Lipinski definition) is 1. The first-order valence-corrected chi connectivity index (χ1v) is 7.42. The zero-order chi connectivity index (χ0) is 12.6. The molecular weight excluding hydrogens is 240 g/mol. The van der Waals surface area contributed by atoms with E-state index in [1.807, 2.05) is 24.0 Å². The summed E-state index contributed by atoms with van der Waals surface area (Å²) in [5, 5.41) is 1.18. The Hall–Kier alpha value is -1.06. The molecule has 1 aliphatic rings. The molecule has 2 atom stereocenters. The second-order valence-electron chi connectivity index (χ2n) is 5.20. The monoisotopic (exact) mass is 258 g/mol. The Morgan fingerprint density at radius 1 is 1.39 bits per heavy atom. The van der Waals surface area contributed by atoms with Crippen molar-refractivity contribution in [3.05, 3.63) is 42.1 Å². The van der Waals surface area contributed by atoms with Gasteiger partial charge in [0.2, 0.25) is 0 Å². The molecule has 0 spiro atoms. The van der Waals surface area contributed by atoms with Crippen molar-refractivity contribution in [1.82, 2.24) is 4.98 Å². The van der Waals surface area contributed by atoms with Gasteiger partial charge in [0.1, 0.15) is 0 Å². The number of pyridine rings is 1. The van der Waals surface area contributed by atoms with Crippen LogP contribution in [0.4, 0.5) is 0 Å². The molecule has 1 aromatic carbocycles. The number of nitrogens with zero attached hydrogens (tertiary/aromatic N) is 1. The van der Waals surface area contributed by atoms with Crippen molar-refractivity contribution in [3.63, 3.8) is 0 Å². The number of thioether (sulfide) groups is 1. The van der Waals surface area contributed by atoms with E-state index >= 15 is 0 Å². The molecule has 1 aromatic heterocycles. The van der Waals surface area contributed by atoms with Crippen molar-refractivity contribution in [2.45, 2.75) is 30.6 Å². The van der Waals surface area contributed by atoms with Crippen molar-refractivity contribution in [2.24, 2.45) is 5.73 Å². The van der Waals surface area contributed by atoms with E-state index in [0.717, 1.165) is 5.52 Å². The van der Waals surface area contributed by atoms with E-state index in [2.05, 4.69) is 36.2 Å². The molecular formula is C15H18N2S. The Morgan fingerprint density at radius 3 is 3.06 bits per heavy atom. The molecule has 3 rings (SSSR count). The van der Waals surface area contributed by atoms with Crippen LogP contribution in [0.15, 0.2) is 36.5 Å². The lowest BCUT2D eigenvalue weighted by molar-refractivity contribution is 0.502. The maximum atomic E-state index is 6.48. The van der Waals surface area contributed by atoms with Gasteiger partial charge in [-0.2, -0.15) is 11.8 Å². The minimum Gasteiger partial charge on any atom is -0.323 e. The number of hydrogen-bond acceptors (Lipinski definition) is 3. The molecule has 2 nitrogen and oxygen atoms in total. The summed E-state index contributed by atoms with van der Waals surface area (Å²) in [6.45, 7) is 2.29. The van der Waals surface area contributed by atoms with Crippen LogP contribution in [-0.2, 0) is 0 Å². The van der Waals surface area contributed by atoms with Crippen LogP contribution in [0.2, 0.25) is 0 Å². The maximum Gasteiger partial charge on any atom is 0.0702 e. The van der Waals surface area contributed by atoms with Gasteiger partial charge in [0.05, 0.1) is 5.52 Å². The van der Waals surface area contributed by atoms with Gasteiger partial charge in [0.25, 0.3) is 0 Å². The smallest absolute Gasteiger partial charge is 0.0702 e. The molecule has 18 heavy (non-hydrogen) atoms. The normalized spacial score (nSPS) is 25.4. The van der Waals surface area contributed by atoms with Crippen molar-refractivity contribution in [1.29, 1.82) is 0 Å². The average Bonchev–Trinajstić information content (AvgIpc) is 2.85. The third-order valence-corrected chi connectivity index (χ3v) is 5.50. The van der Waals surface area contributed by atoms with E-state index in [1.165, 1.54) is 29.5 Å². The van der Waals surface area contributed by atoms with Crippen LogP contribution in [0.1, 0.15) is 31.4 Å². The zero-order valence-electron chi connectivity index (χ0n) is 10.6. The highest BCUT2D eigenvalue weighted by atomic mass is 32.2. The quantitative estimate of drug-likeness (QED) is 0.895. The van der Waals surface area contributed by atoms with Gasteiger partial charge in [-0.25, -0.2) is 0 Å². The summed E-state index contributed by atoms with van der Waals surface area (Å²) in [5.41, 5.74) is 8.75. The molecule has 0 amide bonds. The second-order valence-corrected chi connectivity index (χ2v) is 6.83. The Labute approximate surface area is 112 Å². The Bertz CT molecular complexity index is 561. The highest BCUT2D eigenvalue weighted by Gasteiger charge is 2.36. The first kappa shape index (κ1) is 12.0. The molecule has 0 radical (unpaired) electrons. The summed E-state index contributed by atoms with van der Waals surface area (Å²) in [4.78, 5) is 4.35. The van der Waals surface area contributed by atoms with Gasteiger partial charge in [-0.1, -0.05) is 12.1 Å². The molecule has 0 aliphatic carbocycles. The van der Waals surface area contributed by atoms with Gasteiger partial charge in [-0.15, -0.1) is 0 Å². The van der Waals surface area contributed by atoms with Gasteiger partial charge in [-0.05, 0) is 49.3 Å². The Morgan fingerprint density at radius 2 is 2.28 bits per heavy atom. The molecule has 94 valence electrons. The predicted molar refractivity (Wildman–Crippen MR) is 78.8 cm³/mol. The number of rotatable bonds is 2. The fourth-order valence-electron chi connectivity index (χ4n) is 2.69. The van der Waals surface area contributed by atoms with Crippen molar-refractivity contribution in [3.8, 4) is 0 Å². The first-order valence-electron chi connectivity index (χ1n) is 6.43. The molecule has 0 bridgehead atoms. The van der Waals surface area contributed by atoms with Crippen LogP contribution in [0.5, 0.6) is 0 Å². The SMILES string of the molecule is CC1(C(N)c2ccc3ncccc3c2)CCCS1. The lowest BCUT2D eigenvalue weighted by atomic mass is 9.90.